The maximum Gasteiger partial charge on any atom is 0.344 e. The fraction of sp³-hybridized carbons (Fsp3) is 0.364. The summed E-state index contributed by atoms with van der Waals surface area (Å²) in [6.07, 6.45) is 0. The molecule has 6 nitrogen and oxygen atoms in total. The zero-order valence-corrected chi connectivity index (χ0v) is 25.1. The molecule has 0 bridgehead atoms. The number of ketones is 1. The number of halogens is 1. The number of ether oxygens (including phenoxy) is 2. The third-order valence-corrected chi connectivity index (χ3v) is 7.86. The molecule has 1 amide bonds. The number of thioether (sulfide) groups is 1. The summed E-state index contributed by atoms with van der Waals surface area (Å²) in [6.45, 7) is 11.5. The van der Waals surface area contributed by atoms with Crippen LogP contribution in [0.15, 0.2) is 72.8 Å². The van der Waals surface area contributed by atoms with Gasteiger partial charge >= 0.3 is 5.97 Å². The van der Waals surface area contributed by atoms with Gasteiger partial charge < -0.3 is 14.4 Å². The van der Waals surface area contributed by atoms with Crippen LogP contribution in [-0.2, 0) is 19.7 Å². The summed E-state index contributed by atoms with van der Waals surface area (Å²) in [5.74, 6) is -0.421. The molecule has 3 aromatic rings. The lowest BCUT2D eigenvalue weighted by atomic mass is 9.86. The molecule has 0 N–H and O–H groups in total. The van der Waals surface area contributed by atoms with Crippen LogP contribution >= 0.6 is 11.8 Å². The van der Waals surface area contributed by atoms with E-state index in [0.29, 0.717) is 17.0 Å². The lowest BCUT2D eigenvalue weighted by Gasteiger charge is -2.47. The van der Waals surface area contributed by atoms with Crippen molar-refractivity contribution >= 4 is 35.1 Å². The van der Waals surface area contributed by atoms with E-state index in [0.717, 1.165) is 11.1 Å². The quantitative estimate of drug-likeness (QED) is 0.156. The molecule has 0 spiro atoms. The monoisotopic (exact) mass is 577 g/mol. The smallest absolute Gasteiger partial charge is 0.344 e. The molecule has 1 fully saturated rings. The summed E-state index contributed by atoms with van der Waals surface area (Å²) in [6, 6.07) is 20.2. The number of hydrogen-bond acceptors (Lipinski definition) is 6. The number of carbonyl (C=O) groups excluding carboxylic acids is 3. The van der Waals surface area contributed by atoms with Crippen molar-refractivity contribution in [2.24, 2.45) is 0 Å². The van der Waals surface area contributed by atoms with E-state index in [1.807, 2.05) is 36.4 Å². The lowest BCUT2D eigenvalue weighted by Crippen LogP contribution is -2.57. The third kappa shape index (κ3) is 7.55. The number of β-lactam (4-membered cyclic amide) rings is 1. The van der Waals surface area contributed by atoms with Gasteiger partial charge in [-0.15, -0.1) is 11.8 Å². The maximum atomic E-state index is 13.6. The molecule has 0 saturated carbocycles. The normalized spacial score (nSPS) is 17.1. The van der Waals surface area contributed by atoms with Crippen molar-refractivity contribution in [3.63, 3.8) is 0 Å². The number of anilines is 1. The summed E-state index contributed by atoms with van der Waals surface area (Å²) in [4.78, 5) is 40.0. The number of benzene rings is 3. The third-order valence-electron chi connectivity index (χ3n) is 6.62. The van der Waals surface area contributed by atoms with Gasteiger partial charge in [0.05, 0.1) is 11.8 Å². The molecule has 1 saturated heterocycles. The van der Waals surface area contributed by atoms with E-state index < -0.39 is 22.6 Å². The van der Waals surface area contributed by atoms with E-state index in [9.17, 15) is 18.8 Å². The van der Waals surface area contributed by atoms with Gasteiger partial charge in [0.25, 0.3) is 0 Å². The van der Waals surface area contributed by atoms with Crippen LogP contribution in [0, 0.1) is 5.82 Å². The van der Waals surface area contributed by atoms with Gasteiger partial charge in [-0.2, -0.15) is 0 Å². The Labute approximate surface area is 245 Å². The predicted octanol–water partition coefficient (Wildman–Crippen LogP) is 6.92. The molecular weight excluding hydrogens is 541 g/mol. The number of amides is 1. The van der Waals surface area contributed by atoms with Crippen LogP contribution in [0.3, 0.4) is 0 Å². The van der Waals surface area contributed by atoms with E-state index in [4.69, 9.17) is 9.47 Å². The first-order valence-corrected chi connectivity index (χ1v) is 14.6. The Morgan fingerprint density at radius 3 is 2.05 bits per heavy atom. The Balaban J connectivity index is 1.48. The van der Waals surface area contributed by atoms with E-state index >= 15 is 0 Å². The standard InChI is InChI=1S/C33H36FNO5S/c1-32(2,3)23-11-7-21(8-12-23)27(36)20-41-30-29(35(31(30)38)25-15-13-24(34)14-16-25)22-9-17-26(18-10-22)39-19-28(37)40-33(4,5)6/h7-18,29-30H,19-20H2,1-6H3/t29-,30-/m1/s1. The second-order valence-electron chi connectivity index (χ2n) is 12.1. The highest BCUT2D eigenvalue weighted by molar-refractivity contribution is 8.01. The molecule has 4 rings (SSSR count). The van der Waals surface area contributed by atoms with Crippen LogP contribution in [0.1, 0.15) is 69.1 Å². The van der Waals surface area contributed by atoms with Crippen LogP contribution in [0.4, 0.5) is 10.1 Å². The first-order chi connectivity index (χ1) is 19.2. The molecule has 8 heteroatoms. The van der Waals surface area contributed by atoms with Crippen molar-refractivity contribution in [2.75, 3.05) is 17.3 Å². The molecule has 1 aliphatic heterocycles. The fourth-order valence-electron chi connectivity index (χ4n) is 4.52. The minimum Gasteiger partial charge on any atom is -0.482 e. The number of rotatable bonds is 9. The highest BCUT2D eigenvalue weighted by Crippen LogP contribution is 2.45. The Hall–Kier alpha value is -3.65. The van der Waals surface area contributed by atoms with Gasteiger partial charge in [0.2, 0.25) is 5.91 Å². The van der Waals surface area contributed by atoms with Gasteiger partial charge in [0.15, 0.2) is 12.4 Å². The molecule has 2 atom stereocenters. The van der Waals surface area contributed by atoms with E-state index in [2.05, 4.69) is 20.8 Å². The Kier molecular flexibility index (Phi) is 8.92. The maximum absolute atomic E-state index is 13.6. The van der Waals surface area contributed by atoms with Gasteiger partial charge in [-0.3, -0.25) is 9.59 Å². The summed E-state index contributed by atoms with van der Waals surface area (Å²) >= 11 is 1.30. The summed E-state index contributed by atoms with van der Waals surface area (Å²) in [7, 11) is 0. The van der Waals surface area contributed by atoms with Gasteiger partial charge in [-0.25, -0.2) is 9.18 Å². The van der Waals surface area contributed by atoms with E-state index in [1.165, 1.54) is 23.9 Å². The van der Waals surface area contributed by atoms with Crippen molar-refractivity contribution in [3.8, 4) is 5.75 Å². The molecule has 1 aliphatic rings. The van der Waals surface area contributed by atoms with Crippen LogP contribution in [-0.4, -0.2) is 40.9 Å². The number of carbonyl (C=O) groups is 3. The number of hydrogen-bond donors (Lipinski definition) is 0. The summed E-state index contributed by atoms with van der Waals surface area (Å²) in [5.41, 5.74) is 2.54. The molecule has 0 aliphatic carbocycles. The van der Waals surface area contributed by atoms with Gasteiger partial charge in [-0.1, -0.05) is 57.2 Å². The van der Waals surface area contributed by atoms with Crippen molar-refractivity contribution in [2.45, 2.75) is 63.9 Å². The van der Waals surface area contributed by atoms with Gasteiger partial charge in [0, 0.05) is 11.3 Å². The molecule has 1 heterocycles. The van der Waals surface area contributed by atoms with E-state index in [-0.39, 0.29) is 35.5 Å². The summed E-state index contributed by atoms with van der Waals surface area (Å²) in [5, 5.41) is -0.494. The minimum absolute atomic E-state index is 0.0119. The predicted molar refractivity (Wildman–Crippen MR) is 160 cm³/mol. The first-order valence-electron chi connectivity index (χ1n) is 13.5. The van der Waals surface area contributed by atoms with Crippen molar-refractivity contribution in [1.82, 2.24) is 0 Å². The van der Waals surface area contributed by atoms with Crippen LogP contribution in [0.25, 0.3) is 0 Å². The first kappa shape index (κ1) is 30.3. The van der Waals surface area contributed by atoms with Gasteiger partial charge in [-0.05, 0) is 73.7 Å². The largest absolute Gasteiger partial charge is 0.482 e. The number of esters is 1. The Morgan fingerprint density at radius 2 is 1.49 bits per heavy atom. The van der Waals surface area contributed by atoms with Crippen molar-refractivity contribution in [1.29, 1.82) is 0 Å². The zero-order chi connectivity index (χ0) is 29.9. The molecule has 216 valence electrons. The molecule has 3 aromatic carbocycles. The van der Waals surface area contributed by atoms with Crippen molar-refractivity contribution < 1.29 is 28.2 Å². The van der Waals surface area contributed by atoms with Crippen molar-refractivity contribution in [3.05, 3.63) is 95.3 Å². The van der Waals surface area contributed by atoms with Crippen LogP contribution in [0.2, 0.25) is 0 Å². The minimum atomic E-state index is -0.602. The van der Waals surface area contributed by atoms with Crippen LogP contribution in [0.5, 0.6) is 5.75 Å². The average molecular weight is 578 g/mol. The Morgan fingerprint density at radius 1 is 0.878 bits per heavy atom. The second-order valence-corrected chi connectivity index (χ2v) is 13.2. The molecular formula is C33H36FNO5S. The second kappa shape index (κ2) is 12.1. The Bertz CT molecular complexity index is 1390. The number of nitrogens with zero attached hydrogens (tertiary/aromatic N) is 1. The van der Waals surface area contributed by atoms with Crippen LogP contribution < -0.4 is 9.64 Å². The molecule has 41 heavy (non-hydrogen) atoms. The van der Waals surface area contributed by atoms with E-state index in [1.54, 1.807) is 49.9 Å². The SMILES string of the molecule is CC(C)(C)OC(=O)COc1ccc([C@@H]2[C@@H](SCC(=O)c3ccc(C(C)(C)C)cc3)C(=O)N2c2ccc(F)cc2)cc1. The topological polar surface area (TPSA) is 72.9 Å². The molecule has 0 unspecified atom stereocenters. The fourth-order valence-corrected chi connectivity index (χ4v) is 5.73. The highest BCUT2D eigenvalue weighted by atomic mass is 32.2. The lowest BCUT2D eigenvalue weighted by molar-refractivity contribution is -0.157. The molecule has 0 aromatic heterocycles. The van der Waals surface area contributed by atoms with Gasteiger partial charge in [0.1, 0.15) is 22.4 Å². The molecule has 0 radical (unpaired) electrons. The highest BCUT2D eigenvalue weighted by Gasteiger charge is 2.49. The number of Topliss-reactive ketones (excluding diaryl/α,β-unsaturated/α-hetero) is 1. The zero-order valence-electron chi connectivity index (χ0n) is 24.3. The average Bonchev–Trinajstić information content (AvgIpc) is 2.90. The summed E-state index contributed by atoms with van der Waals surface area (Å²) < 4.78 is 24.5.